The molecule has 1 amide bonds. The van der Waals surface area contributed by atoms with Gasteiger partial charge in [0.15, 0.2) is 0 Å². The van der Waals surface area contributed by atoms with Crippen molar-refractivity contribution < 1.29 is 14.7 Å². The first-order chi connectivity index (χ1) is 13.4. The number of aliphatic hydroxyl groups is 1. The Balaban J connectivity index is 1.41. The van der Waals surface area contributed by atoms with Crippen LogP contribution in [0.1, 0.15) is 50.8 Å². The fourth-order valence-corrected chi connectivity index (χ4v) is 3.91. The average Bonchev–Trinajstić information content (AvgIpc) is 2.71. The molecule has 3 heterocycles. The van der Waals surface area contributed by atoms with Gasteiger partial charge in [0, 0.05) is 31.9 Å². The van der Waals surface area contributed by atoms with E-state index < -0.39 is 5.60 Å². The van der Waals surface area contributed by atoms with Crippen LogP contribution in [0.2, 0.25) is 0 Å². The minimum absolute atomic E-state index is 0.112. The van der Waals surface area contributed by atoms with Crippen molar-refractivity contribution in [3.63, 3.8) is 0 Å². The number of carbonyl (C=O) groups is 2. The van der Waals surface area contributed by atoms with Crippen LogP contribution < -0.4 is 10.6 Å². The number of anilines is 1. The van der Waals surface area contributed by atoms with Gasteiger partial charge in [-0.25, -0.2) is 4.98 Å². The van der Waals surface area contributed by atoms with Gasteiger partial charge in [-0.2, -0.15) is 0 Å². The summed E-state index contributed by atoms with van der Waals surface area (Å²) in [5.41, 5.74) is 0.963. The summed E-state index contributed by atoms with van der Waals surface area (Å²) >= 11 is 0. The summed E-state index contributed by atoms with van der Waals surface area (Å²) in [5, 5.41) is 16.9. The molecular weight excluding hydrogens is 356 g/mol. The predicted molar refractivity (Wildman–Crippen MR) is 108 cm³/mol. The molecule has 1 atom stereocenters. The summed E-state index contributed by atoms with van der Waals surface area (Å²) < 4.78 is 0. The number of likely N-dealkylation sites (tertiary alicyclic amines) is 1. The summed E-state index contributed by atoms with van der Waals surface area (Å²) in [6.07, 6.45) is 4.50. The Bertz CT molecular complexity index is 714. The zero-order chi connectivity index (χ0) is 20.1. The molecule has 1 aromatic heterocycles. The van der Waals surface area contributed by atoms with Gasteiger partial charge in [0.25, 0.3) is 5.91 Å². The number of fused-ring (bicyclic) bond motifs is 1. The molecule has 0 bridgehead atoms. The number of rotatable bonds is 7. The van der Waals surface area contributed by atoms with Gasteiger partial charge in [-0.05, 0) is 64.0 Å². The first-order valence-electron chi connectivity index (χ1n) is 10.4. The van der Waals surface area contributed by atoms with Gasteiger partial charge in [0.05, 0.1) is 6.04 Å². The summed E-state index contributed by atoms with van der Waals surface area (Å²) in [5.74, 6) is 0.803. The molecule has 0 radical (unpaired) electrons. The number of aromatic nitrogens is 1. The minimum Gasteiger partial charge on any atom is -0.380 e. The largest absolute Gasteiger partial charge is 0.380 e. The maximum absolute atomic E-state index is 12.5. The molecule has 3 N–H and O–H groups in total. The van der Waals surface area contributed by atoms with Crippen LogP contribution in [0.25, 0.3) is 0 Å². The van der Waals surface area contributed by atoms with E-state index >= 15 is 0 Å². The van der Waals surface area contributed by atoms with Crippen molar-refractivity contribution in [2.75, 3.05) is 31.5 Å². The van der Waals surface area contributed by atoms with Crippen LogP contribution in [0, 0.1) is 0 Å². The standard InChI is InChI=1S/C21H32N4O3/c1-15(16(2)26)25-13-9-21(28,10-14-25)20(27)23-12-4-6-18-8-7-17-5-3-11-22-19(17)24-18/h7-8,15,28H,3-6,9-14H2,1-2H3,(H,22,24)(H,23,27). The van der Waals surface area contributed by atoms with Crippen molar-refractivity contribution in [1.82, 2.24) is 15.2 Å². The van der Waals surface area contributed by atoms with Crippen molar-refractivity contribution in [3.05, 3.63) is 23.4 Å². The lowest BCUT2D eigenvalue weighted by Gasteiger charge is -2.39. The predicted octanol–water partition coefficient (Wildman–Crippen LogP) is 1.29. The van der Waals surface area contributed by atoms with Crippen molar-refractivity contribution in [1.29, 1.82) is 0 Å². The van der Waals surface area contributed by atoms with Gasteiger partial charge in [-0.1, -0.05) is 6.07 Å². The van der Waals surface area contributed by atoms with E-state index in [-0.39, 0.29) is 17.7 Å². The number of nitrogens with zero attached hydrogens (tertiary/aromatic N) is 2. The molecule has 0 saturated carbocycles. The molecule has 1 unspecified atom stereocenters. The number of carbonyl (C=O) groups excluding carboxylic acids is 2. The molecule has 7 heteroatoms. The van der Waals surface area contributed by atoms with Crippen molar-refractivity contribution in [2.24, 2.45) is 0 Å². The molecule has 1 aromatic rings. The average molecular weight is 389 g/mol. The van der Waals surface area contributed by atoms with Crippen molar-refractivity contribution in [3.8, 4) is 0 Å². The van der Waals surface area contributed by atoms with Crippen LogP contribution in [0.3, 0.4) is 0 Å². The third-order valence-electron chi connectivity index (χ3n) is 6.03. The SMILES string of the molecule is CC(=O)C(C)N1CCC(O)(C(=O)NCCCc2ccc3c(n2)NCCC3)CC1. The second-order valence-corrected chi connectivity index (χ2v) is 8.05. The molecule has 154 valence electrons. The molecule has 0 aromatic carbocycles. The Morgan fingerprint density at radius 2 is 2.11 bits per heavy atom. The van der Waals surface area contributed by atoms with E-state index in [1.54, 1.807) is 6.92 Å². The van der Waals surface area contributed by atoms with E-state index in [1.807, 2.05) is 11.8 Å². The smallest absolute Gasteiger partial charge is 0.252 e. The van der Waals surface area contributed by atoms with E-state index in [0.717, 1.165) is 43.7 Å². The zero-order valence-corrected chi connectivity index (χ0v) is 17.0. The Hall–Kier alpha value is -1.99. The van der Waals surface area contributed by atoms with Crippen LogP contribution >= 0.6 is 0 Å². The second-order valence-electron chi connectivity index (χ2n) is 8.05. The molecule has 0 aliphatic carbocycles. The molecule has 28 heavy (non-hydrogen) atoms. The first kappa shape index (κ1) is 20.7. The normalized spacial score (nSPS) is 20.0. The number of piperidine rings is 1. The molecule has 3 rings (SSSR count). The first-order valence-corrected chi connectivity index (χ1v) is 10.4. The highest BCUT2D eigenvalue weighted by Gasteiger charge is 2.40. The zero-order valence-electron chi connectivity index (χ0n) is 17.0. The molecule has 2 aliphatic rings. The number of aryl methyl sites for hydroxylation is 2. The molecule has 1 saturated heterocycles. The van der Waals surface area contributed by atoms with Gasteiger partial charge >= 0.3 is 0 Å². The Morgan fingerprint density at radius 3 is 2.82 bits per heavy atom. The second kappa shape index (κ2) is 9.01. The lowest BCUT2D eigenvalue weighted by molar-refractivity contribution is -0.145. The van der Waals surface area contributed by atoms with Gasteiger partial charge in [-0.15, -0.1) is 0 Å². The molecular formula is C21H32N4O3. The highest BCUT2D eigenvalue weighted by atomic mass is 16.3. The molecule has 2 aliphatic heterocycles. The van der Waals surface area contributed by atoms with Gasteiger partial charge < -0.3 is 15.7 Å². The number of nitrogens with one attached hydrogen (secondary N) is 2. The third kappa shape index (κ3) is 4.89. The van der Waals surface area contributed by atoms with Crippen LogP contribution in [-0.2, 0) is 22.4 Å². The van der Waals surface area contributed by atoms with E-state index in [9.17, 15) is 14.7 Å². The van der Waals surface area contributed by atoms with Gasteiger partial charge in [-0.3, -0.25) is 14.5 Å². The Morgan fingerprint density at radius 1 is 1.36 bits per heavy atom. The number of hydrogen-bond acceptors (Lipinski definition) is 6. The monoisotopic (exact) mass is 388 g/mol. The van der Waals surface area contributed by atoms with Crippen LogP contribution in [-0.4, -0.2) is 64.5 Å². The lowest BCUT2D eigenvalue weighted by Crippen LogP contribution is -2.56. The molecule has 0 spiro atoms. The fourth-order valence-electron chi connectivity index (χ4n) is 3.91. The third-order valence-corrected chi connectivity index (χ3v) is 6.03. The van der Waals surface area contributed by atoms with Crippen LogP contribution in [0.15, 0.2) is 12.1 Å². The molecule has 1 fully saturated rings. The fraction of sp³-hybridized carbons (Fsp3) is 0.667. The number of Topliss-reactive ketones (excluding diaryl/α,β-unsaturated/α-hetero) is 1. The van der Waals surface area contributed by atoms with Gasteiger partial charge in [0.1, 0.15) is 17.2 Å². The van der Waals surface area contributed by atoms with Crippen molar-refractivity contribution >= 4 is 17.5 Å². The number of ketones is 1. The maximum Gasteiger partial charge on any atom is 0.252 e. The van der Waals surface area contributed by atoms with E-state index in [0.29, 0.717) is 32.5 Å². The highest BCUT2D eigenvalue weighted by molar-refractivity contribution is 5.85. The van der Waals surface area contributed by atoms with Crippen LogP contribution in [0.4, 0.5) is 5.82 Å². The summed E-state index contributed by atoms with van der Waals surface area (Å²) in [6, 6.07) is 4.04. The number of amides is 1. The van der Waals surface area contributed by atoms with Gasteiger partial charge in [0.2, 0.25) is 0 Å². The topological polar surface area (TPSA) is 94.6 Å². The summed E-state index contributed by atoms with van der Waals surface area (Å²) in [7, 11) is 0. The Labute approximate surface area is 166 Å². The number of pyridine rings is 1. The summed E-state index contributed by atoms with van der Waals surface area (Å²) in [4.78, 5) is 30.7. The van der Waals surface area contributed by atoms with E-state index in [2.05, 4.69) is 27.8 Å². The quantitative estimate of drug-likeness (QED) is 0.610. The lowest BCUT2D eigenvalue weighted by atomic mass is 9.89. The maximum atomic E-state index is 12.5. The van der Waals surface area contributed by atoms with E-state index in [1.165, 1.54) is 5.56 Å². The molecule has 7 nitrogen and oxygen atoms in total. The highest BCUT2D eigenvalue weighted by Crippen LogP contribution is 2.24. The van der Waals surface area contributed by atoms with Crippen LogP contribution in [0.5, 0.6) is 0 Å². The van der Waals surface area contributed by atoms with E-state index in [4.69, 9.17) is 0 Å². The summed E-state index contributed by atoms with van der Waals surface area (Å²) in [6.45, 7) is 6.04. The minimum atomic E-state index is -1.33. The Kier molecular flexibility index (Phi) is 6.67. The van der Waals surface area contributed by atoms with Crippen molar-refractivity contribution in [2.45, 2.75) is 64.0 Å². The number of hydrogen-bond donors (Lipinski definition) is 3.